The molecule has 0 atom stereocenters. The first-order valence-electron chi connectivity index (χ1n) is 23.8. The highest BCUT2D eigenvalue weighted by Crippen LogP contribution is 2.20. The number of benzene rings is 8. The first-order valence-corrected chi connectivity index (χ1v) is 27.9. The van der Waals surface area contributed by atoms with Crippen LogP contribution in [-0.2, 0) is 0 Å². The highest BCUT2D eigenvalue weighted by molar-refractivity contribution is 7.09. The van der Waals surface area contributed by atoms with E-state index in [1.54, 1.807) is 23.9 Å². The number of thiophene rings is 1. The second kappa shape index (κ2) is 23.5. The maximum absolute atomic E-state index is 4.96. The van der Waals surface area contributed by atoms with Crippen LogP contribution in [0.3, 0.4) is 0 Å². The standard InChI is InChI=1S/C11H12.C10H12Si.C10H10.C10H8.C8H7N.C8H6O.C8H6S/c2*1-11(2)7-9-5-3-4-6-10(9)8-11;2*1-2-6-10-8-4-3-7-9(10)5-1;3*1-2-4-8-6-9-5-7(8)3-1/h2*3-8H,1-2H3;1-2,5-8H,3-4H2;1-8H;1-6,9H;2*1-6H. The van der Waals surface area contributed by atoms with Crippen LogP contribution in [0.1, 0.15) is 26.7 Å². The van der Waals surface area contributed by atoms with Gasteiger partial charge >= 0.3 is 0 Å². The van der Waals surface area contributed by atoms with E-state index in [4.69, 9.17) is 4.42 Å². The van der Waals surface area contributed by atoms with Crippen molar-refractivity contribution >= 4 is 98.2 Å². The Morgan fingerprint density at radius 1 is 0.391 bits per heavy atom. The lowest BCUT2D eigenvalue weighted by atomic mass is 9.96. The zero-order chi connectivity index (χ0) is 47.7. The molecule has 1 N–H and O–H groups in total. The van der Waals surface area contributed by atoms with Gasteiger partial charge < -0.3 is 9.40 Å². The molecule has 0 amide bonds. The monoisotopic (exact) mass is 931 g/mol. The summed E-state index contributed by atoms with van der Waals surface area (Å²) in [5.41, 5.74) is 5.15. The molecular formula is C65H61NOSSi. The Morgan fingerprint density at radius 3 is 1.12 bits per heavy atom. The topological polar surface area (TPSA) is 28.9 Å². The van der Waals surface area contributed by atoms with Crippen molar-refractivity contribution in [2.24, 2.45) is 5.41 Å². The number of aromatic amines is 1. The van der Waals surface area contributed by atoms with Gasteiger partial charge in [-0.3, -0.25) is 0 Å². The van der Waals surface area contributed by atoms with Crippen molar-refractivity contribution < 1.29 is 4.42 Å². The van der Waals surface area contributed by atoms with Gasteiger partial charge in [0.05, 0.1) is 20.6 Å². The molecule has 11 aromatic rings. The zero-order valence-corrected chi connectivity index (χ0v) is 42.0. The van der Waals surface area contributed by atoms with Crippen LogP contribution < -0.4 is 31.3 Å². The summed E-state index contributed by atoms with van der Waals surface area (Å²) >= 11 is 1.75. The molecule has 0 saturated carbocycles. The minimum atomic E-state index is -1.09. The van der Waals surface area contributed by atoms with Crippen LogP contribution in [0.4, 0.5) is 0 Å². The normalized spacial score (nSPS) is 13.4. The highest BCUT2D eigenvalue weighted by Gasteiger charge is 2.16. The Labute approximate surface area is 411 Å². The third kappa shape index (κ3) is 14.0. The van der Waals surface area contributed by atoms with E-state index >= 15 is 0 Å². The number of nitrogens with one attached hydrogen (secondary N) is 1. The molecule has 0 spiro atoms. The van der Waals surface area contributed by atoms with Gasteiger partial charge in [0.2, 0.25) is 0 Å². The van der Waals surface area contributed by atoms with E-state index in [9.17, 15) is 0 Å². The first kappa shape index (κ1) is 48.0. The van der Waals surface area contributed by atoms with Crippen molar-refractivity contribution in [3.05, 3.63) is 261 Å². The van der Waals surface area contributed by atoms with Crippen LogP contribution in [0.5, 0.6) is 0 Å². The zero-order valence-electron chi connectivity index (χ0n) is 40.1. The van der Waals surface area contributed by atoms with Gasteiger partial charge in [0.25, 0.3) is 0 Å². The number of furan rings is 1. The summed E-state index contributed by atoms with van der Waals surface area (Å²) in [4.78, 5) is 3.04. The molecule has 2 aliphatic carbocycles. The lowest BCUT2D eigenvalue weighted by molar-refractivity contribution is 0.572. The fourth-order valence-electron chi connectivity index (χ4n) is 8.53. The number of hydrogen-bond donors (Lipinski definition) is 1. The van der Waals surface area contributed by atoms with Crippen molar-refractivity contribution in [3.63, 3.8) is 0 Å². The van der Waals surface area contributed by atoms with Crippen LogP contribution in [0.15, 0.2) is 234 Å². The van der Waals surface area contributed by atoms with E-state index in [0.29, 0.717) is 0 Å². The molecule has 0 radical (unpaired) electrons. The van der Waals surface area contributed by atoms with Crippen LogP contribution >= 0.6 is 11.3 Å². The molecule has 69 heavy (non-hydrogen) atoms. The SMILES string of the molecule is C1=c2ccccc2=CCC1.CC1(C)C=c2ccccc2=C1.C[Si]1(C)C=c2ccccc2=C1.c1ccc2c[nH]cc2c1.c1ccc2ccccc2c1.c1ccc2cocc2c1.c1ccc2cscc2c1. The smallest absolute Gasteiger partial charge is 0.0981 e. The lowest BCUT2D eigenvalue weighted by Crippen LogP contribution is -2.25. The van der Waals surface area contributed by atoms with Gasteiger partial charge in [-0.25, -0.2) is 0 Å². The Balaban J connectivity index is 0.000000109. The lowest BCUT2D eigenvalue weighted by Gasteiger charge is -2.08. The van der Waals surface area contributed by atoms with Gasteiger partial charge in [-0.05, 0) is 87.2 Å². The third-order valence-corrected chi connectivity index (χ3v) is 14.8. The summed E-state index contributed by atoms with van der Waals surface area (Å²) in [5.74, 6) is 0. The molecule has 0 fully saturated rings. The number of fused-ring (bicyclic) bond motifs is 7. The average molecular weight is 932 g/mol. The van der Waals surface area contributed by atoms with E-state index in [1.165, 1.54) is 76.5 Å². The van der Waals surface area contributed by atoms with Gasteiger partial charge in [0, 0.05) is 28.6 Å². The fourth-order valence-corrected chi connectivity index (χ4v) is 11.5. The predicted molar refractivity (Wildman–Crippen MR) is 305 cm³/mol. The largest absolute Gasteiger partial charge is 0.471 e. The number of hydrogen-bond acceptors (Lipinski definition) is 2. The summed E-state index contributed by atoms with van der Waals surface area (Å²) in [6.45, 7) is 9.19. The van der Waals surface area contributed by atoms with E-state index in [-0.39, 0.29) is 5.41 Å². The summed E-state index contributed by atoms with van der Waals surface area (Å²) in [7, 11) is -1.09. The van der Waals surface area contributed by atoms with E-state index in [0.717, 1.165) is 10.8 Å². The number of rotatable bonds is 0. The third-order valence-electron chi connectivity index (χ3n) is 11.9. The van der Waals surface area contributed by atoms with Crippen molar-refractivity contribution in [1.82, 2.24) is 4.98 Å². The molecule has 14 rings (SSSR count). The Hall–Kier alpha value is -7.50. The molecule has 8 aromatic carbocycles. The molecule has 0 bridgehead atoms. The van der Waals surface area contributed by atoms with Crippen LogP contribution in [0, 0.1) is 5.41 Å². The van der Waals surface area contributed by atoms with Crippen molar-refractivity contribution in [1.29, 1.82) is 0 Å². The van der Waals surface area contributed by atoms with E-state index < -0.39 is 8.07 Å². The molecule has 2 nitrogen and oxygen atoms in total. The quantitative estimate of drug-likeness (QED) is 0.151. The maximum atomic E-state index is 4.96. The molecule has 4 heterocycles. The minimum absolute atomic E-state index is 0.254. The Kier molecular flexibility index (Phi) is 16.3. The average Bonchev–Trinajstić information content (AvgIpc) is 4.25. The van der Waals surface area contributed by atoms with Crippen LogP contribution in [0.25, 0.3) is 78.8 Å². The highest BCUT2D eigenvalue weighted by atomic mass is 32.1. The van der Waals surface area contributed by atoms with Crippen LogP contribution in [0.2, 0.25) is 13.1 Å². The summed E-state index contributed by atoms with van der Waals surface area (Å²) < 4.78 is 4.96. The van der Waals surface area contributed by atoms with Gasteiger partial charge in [-0.15, -0.1) is 0 Å². The number of aromatic nitrogens is 1. The van der Waals surface area contributed by atoms with Gasteiger partial charge in [0.1, 0.15) is 0 Å². The predicted octanol–water partition coefficient (Wildman–Crippen LogP) is 13.7. The summed E-state index contributed by atoms with van der Waals surface area (Å²) in [6, 6.07) is 67.1. The second-order valence-electron chi connectivity index (χ2n) is 18.5. The molecule has 1 aliphatic heterocycles. The van der Waals surface area contributed by atoms with Crippen molar-refractivity contribution in [3.8, 4) is 0 Å². The van der Waals surface area contributed by atoms with Gasteiger partial charge in [-0.2, -0.15) is 11.3 Å². The van der Waals surface area contributed by atoms with Crippen molar-refractivity contribution in [2.45, 2.75) is 39.8 Å². The van der Waals surface area contributed by atoms with E-state index in [1.807, 2.05) is 48.8 Å². The second-order valence-corrected chi connectivity index (χ2v) is 23.5. The molecule has 4 heteroatoms. The molecule has 3 aromatic heterocycles. The molecule has 0 saturated heterocycles. The van der Waals surface area contributed by atoms with Gasteiger partial charge in [-0.1, -0.05) is 257 Å². The maximum Gasteiger partial charge on any atom is 0.0981 e. The molecule has 0 unspecified atom stereocenters. The Bertz CT molecular complexity index is 3280. The van der Waals surface area contributed by atoms with Crippen molar-refractivity contribution in [2.75, 3.05) is 0 Å². The fraction of sp³-hybridized carbons (Fsp3) is 0.108. The summed E-state index contributed by atoms with van der Waals surface area (Å²) in [5, 5.41) is 22.9. The van der Waals surface area contributed by atoms with Crippen LogP contribution in [-0.4, -0.2) is 13.1 Å². The molecule has 3 aliphatic rings. The number of H-pyrrole nitrogens is 1. The van der Waals surface area contributed by atoms with Gasteiger partial charge in [0.15, 0.2) is 0 Å². The summed E-state index contributed by atoms with van der Waals surface area (Å²) in [6.07, 6.45) is 19.1. The molecule has 342 valence electrons. The van der Waals surface area contributed by atoms with E-state index in [2.05, 4.69) is 236 Å². The molecular weight excluding hydrogens is 871 g/mol. The first-order chi connectivity index (χ1) is 33.7. The Morgan fingerprint density at radius 2 is 0.710 bits per heavy atom. The minimum Gasteiger partial charge on any atom is -0.471 e.